The number of carbonyl (C=O) groups excluding carboxylic acids is 1. The molecular weight excluding hydrogens is 250 g/mol. The van der Waals surface area contributed by atoms with Gasteiger partial charge in [-0.3, -0.25) is 4.79 Å². The molecule has 2 unspecified atom stereocenters. The minimum atomic E-state index is 0.0367. The Morgan fingerprint density at radius 1 is 1.20 bits per heavy atom. The summed E-state index contributed by atoms with van der Waals surface area (Å²) in [6.45, 7) is 9.96. The van der Waals surface area contributed by atoms with Crippen LogP contribution in [-0.2, 0) is 4.79 Å². The molecule has 0 aromatic heterocycles. The van der Waals surface area contributed by atoms with E-state index in [1.165, 1.54) is 32.4 Å². The molecular formula is C16H31N3O. The number of carbonyl (C=O) groups is 1. The third-order valence-corrected chi connectivity index (χ3v) is 4.81. The number of rotatable bonds is 5. The van der Waals surface area contributed by atoms with E-state index in [4.69, 9.17) is 0 Å². The van der Waals surface area contributed by atoms with Crippen LogP contribution in [-0.4, -0.2) is 49.6 Å². The molecule has 0 saturated carbocycles. The molecule has 20 heavy (non-hydrogen) atoms. The van der Waals surface area contributed by atoms with E-state index in [9.17, 15) is 4.79 Å². The molecule has 2 atom stereocenters. The molecule has 0 aliphatic carbocycles. The van der Waals surface area contributed by atoms with E-state index in [1.807, 2.05) is 0 Å². The second kappa shape index (κ2) is 7.99. The topological polar surface area (TPSA) is 44.4 Å². The maximum atomic E-state index is 12.1. The third kappa shape index (κ3) is 5.06. The van der Waals surface area contributed by atoms with Crippen LogP contribution < -0.4 is 10.6 Å². The van der Waals surface area contributed by atoms with Crippen molar-refractivity contribution in [1.29, 1.82) is 0 Å². The minimum Gasteiger partial charge on any atom is -0.355 e. The number of amides is 1. The Hall–Kier alpha value is -0.610. The minimum absolute atomic E-state index is 0.0367. The van der Waals surface area contributed by atoms with Gasteiger partial charge in [0.1, 0.15) is 0 Å². The summed E-state index contributed by atoms with van der Waals surface area (Å²) in [5.41, 5.74) is 0. The molecule has 2 aliphatic rings. The lowest BCUT2D eigenvalue weighted by Gasteiger charge is -2.30. The largest absolute Gasteiger partial charge is 0.355 e. The van der Waals surface area contributed by atoms with E-state index in [1.54, 1.807) is 0 Å². The molecule has 2 aliphatic heterocycles. The predicted octanol–water partition coefficient (Wildman–Crippen LogP) is 1.61. The molecule has 2 fully saturated rings. The summed E-state index contributed by atoms with van der Waals surface area (Å²) < 4.78 is 0. The first-order valence-electron chi connectivity index (χ1n) is 8.38. The first-order chi connectivity index (χ1) is 9.65. The van der Waals surface area contributed by atoms with Crippen molar-refractivity contribution < 1.29 is 4.79 Å². The highest BCUT2D eigenvalue weighted by Gasteiger charge is 2.24. The van der Waals surface area contributed by atoms with Gasteiger partial charge in [0.2, 0.25) is 5.91 Å². The second-order valence-corrected chi connectivity index (χ2v) is 6.81. The van der Waals surface area contributed by atoms with E-state index in [2.05, 4.69) is 29.4 Å². The van der Waals surface area contributed by atoms with Crippen LogP contribution >= 0.6 is 0 Å². The van der Waals surface area contributed by atoms with Crippen molar-refractivity contribution in [3.8, 4) is 0 Å². The molecule has 2 rings (SSSR count). The van der Waals surface area contributed by atoms with Crippen molar-refractivity contribution in [1.82, 2.24) is 15.5 Å². The lowest BCUT2D eigenvalue weighted by molar-refractivity contribution is -0.124. The summed E-state index contributed by atoms with van der Waals surface area (Å²) >= 11 is 0. The van der Waals surface area contributed by atoms with Crippen LogP contribution in [0.25, 0.3) is 0 Å². The van der Waals surface area contributed by atoms with Crippen LogP contribution in [0.2, 0.25) is 0 Å². The van der Waals surface area contributed by atoms with Gasteiger partial charge >= 0.3 is 0 Å². The van der Waals surface area contributed by atoms with Gasteiger partial charge in [-0.2, -0.15) is 0 Å². The zero-order valence-corrected chi connectivity index (χ0v) is 13.2. The number of piperidine rings is 2. The molecule has 4 nitrogen and oxygen atoms in total. The highest BCUT2D eigenvalue weighted by atomic mass is 16.2. The molecule has 2 heterocycles. The number of hydrogen-bond acceptors (Lipinski definition) is 3. The van der Waals surface area contributed by atoms with E-state index in [0.717, 1.165) is 38.4 Å². The van der Waals surface area contributed by atoms with Crippen LogP contribution in [0.3, 0.4) is 0 Å². The average Bonchev–Trinajstić information content (AvgIpc) is 2.45. The summed E-state index contributed by atoms with van der Waals surface area (Å²) in [7, 11) is 0. The normalized spacial score (nSPS) is 29.3. The van der Waals surface area contributed by atoms with Gasteiger partial charge in [0.05, 0.1) is 6.04 Å². The highest BCUT2D eigenvalue weighted by Crippen LogP contribution is 2.16. The van der Waals surface area contributed by atoms with Crippen LogP contribution in [0.5, 0.6) is 0 Å². The smallest absolute Gasteiger partial charge is 0.237 e. The first-order valence-corrected chi connectivity index (χ1v) is 8.38. The Kier molecular flexibility index (Phi) is 6.30. The molecule has 0 aromatic carbocycles. The van der Waals surface area contributed by atoms with Crippen molar-refractivity contribution in [2.75, 3.05) is 32.7 Å². The van der Waals surface area contributed by atoms with Crippen LogP contribution in [0.4, 0.5) is 0 Å². The average molecular weight is 281 g/mol. The fraction of sp³-hybridized carbons (Fsp3) is 0.938. The van der Waals surface area contributed by atoms with Crippen LogP contribution in [0.15, 0.2) is 0 Å². The molecule has 0 aromatic rings. The van der Waals surface area contributed by atoms with Crippen molar-refractivity contribution in [3.63, 3.8) is 0 Å². The summed E-state index contributed by atoms with van der Waals surface area (Å²) in [6, 6.07) is 0.0367. The van der Waals surface area contributed by atoms with E-state index >= 15 is 0 Å². The monoisotopic (exact) mass is 281 g/mol. The SMILES string of the molecule is CC1CCN(CCCNC(=O)C2CC(C)CCN2)CC1. The summed E-state index contributed by atoms with van der Waals surface area (Å²) in [4.78, 5) is 14.6. The molecule has 0 radical (unpaired) electrons. The van der Waals surface area contributed by atoms with Crippen molar-refractivity contribution >= 4 is 5.91 Å². The van der Waals surface area contributed by atoms with E-state index in [0.29, 0.717) is 5.92 Å². The molecule has 1 amide bonds. The van der Waals surface area contributed by atoms with E-state index in [-0.39, 0.29) is 11.9 Å². The zero-order chi connectivity index (χ0) is 14.4. The lowest BCUT2D eigenvalue weighted by atomic mass is 9.94. The van der Waals surface area contributed by atoms with Crippen molar-refractivity contribution in [2.45, 2.75) is 52.0 Å². The molecule has 0 bridgehead atoms. The Balaban J connectivity index is 1.55. The standard InChI is InChI=1S/C16H31N3O/c1-13-5-10-19(11-6-13)9-3-7-18-16(20)15-12-14(2)4-8-17-15/h13-15,17H,3-12H2,1-2H3,(H,18,20). The van der Waals surface area contributed by atoms with Crippen molar-refractivity contribution in [3.05, 3.63) is 0 Å². The quantitative estimate of drug-likeness (QED) is 0.753. The second-order valence-electron chi connectivity index (χ2n) is 6.81. The van der Waals surface area contributed by atoms with E-state index < -0.39 is 0 Å². The van der Waals surface area contributed by atoms with Gasteiger partial charge in [-0.15, -0.1) is 0 Å². The number of likely N-dealkylation sites (tertiary alicyclic amines) is 1. The first kappa shape index (κ1) is 15.8. The lowest BCUT2D eigenvalue weighted by Crippen LogP contribution is -2.48. The Morgan fingerprint density at radius 2 is 1.95 bits per heavy atom. The number of hydrogen-bond donors (Lipinski definition) is 2. The van der Waals surface area contributed by atoms with Crippen LogP contribution in [0.1, 0.15) is 46.0 Å². The summed E-state index contributed by atoms with van der Waals surface area (Å²) in [5, 5.41) is 6.42. The molecule has 4 heteroatoms. The van der Waals surface area contributed by atoms with Gasteiger partial charge in [0.15, 0.2) is 0 Å². The van der Waals surface area contributed by atoms with Gasteiger partial charge in [0, 0.05) is 6.54 Å². The Morgan fingerprint density at radius 3 is 2.65 bits per heavy atom. The van der Waals surface area contributed by atoms with Gasteiger partial charge in [-0.25, -0.2) is 0 Å². The van der Waals surface area contributed by atoms with Gasteiger partial charge in [-0.1, -0.05) is 13.8 Å². The highest BCUT2D eigenvalue weighted by molar-refractivity contribution is 5.81. The summed E-state index contributed by atoms with van der Waals surface area (Å²) in [6.07, 6.45) is 5.90. The maximum Gasteiger partial charge on any atom is 0.237 e. The molecule has 116 valence electrons. The molecule has 0 spiro atoms. The molecule has 2 N–H and O–H groups in total. The molecule has 2 saturated heterocycles. The number of nitrogens with one attached hydrogen (secondary N) is 2. The predicted molar refractivity (Wildman–Crippen MR) is 82.7 cm³/mol. The van der Waals surface area contributed by atoms with Crippen LogP contribution in [0, 0.1) is 11.8 Å². The Bertz CT molecular complexity index is 300. The van der Waals surface area contributed by atoms with Gasteiger partial charge in [0.25, 0.3) is 0 Å². The van der Waals surface area contributed by atoms with Crippen molar-refractivity contribution in [2.24, 2.45) is 11.8 Å². The fourth-order valence-electron chi connectivity index (χ4n) is 3.23. The third-order valence-electron chi connectivity index (χ3n) is 4.81. The Labute approximate surface area is 123 Å². The van der Waals surface area contributed by atoms with Gasteiger partial charge in [-0.05, 0) is 70.1 Å². The fourth-order valence-corrected chi connectivity index (χ4v) is 3.23. The maximum absolute atomic E-state index is 12.1. The zero-order valence-electron chi connectivity index (χ0n) is 13.2. The number of nitrogens with zero attached hydrogens (tertiary/aromatic N) is 1. The van der Waals surface area contributed by atoms with Gasteiger partial charge < -0.3 is 15.5 Å². The summed E-state index contributed by atoms with van der Waals surface area (Å²) in [5.74, 6) is 1.76.